The first-order valence-electron chi connectivity index (χ1n) is 8.87. The third-order valence-electron chi connectivity index (χ3n) is 4.78. The molecule has 1 heterocycles. The van der Waals surface area contributed by atoms with E-state index in [2.05, 4.69) is 38.2 Å². The number of aryl methyl sites for hydroxylation is 3. The molecule has 0 radical (unpaired) electrons. The fourth-order valence-electron chi connectivity index (χ4n) is 3.36. The molecule has 0 unspecified atom stereocenters. The van der Waals surface area contributed by atoms with Crippen molar-refractivity contribution < 1.29 is 19.4 Å². The molecule has 0 bridgehead atoms. The van der Waals surface area contributed by atoms with Crippen LogP contribution in [0, 0.1) is 20.8 Å². The maximum absolute atomic E-state index is 11.1. The Morgan fingerprint density at radius 1 is 1.19 bits per heavy atom. The molecule has 144 valence electrons. The van der Waals surface area contributed by atoms with E-state index in [0.717, 1.165) is 5.56 Å². The molecule has 1 saturated heterocycles. The number of aliphatic carboxylic acids is 1. The third-order valence-corrected chi connectivity index (χ3v) is 6.05. The third kappa shape index (κ3) is 4.39. The van der Waals surface area contributed by atoms with E-state index in [1.54, 1.807) is 18.9 Å². The van der Waals surface area contributed by atoms with Gasteiger partial charge in [0.05, 0.1) is 12.5 Å². The molecule has 1 fully saturated rings. The molecule has 27 heavy (non-hydrogen) atoms. The lowest BCUT2D eigenvalue weighted by Crippen LogP contribution is -2.33. The van der Waals surface area contributed by atoms with Crippen molar-refractivity contribution >= 4 is 17.7 Å². The number of thioether (sulfide) groups is 1. The van der Waals surface area contributed by atoms with Gasteiger partial charge in [0.15, 0.2) is 11.5 Å². The second-order valence-electron chi connectivity index (χ2n) is 6.85. The van der Waals surface area contributed by atoms with Crippen LogP contribution in [0.3, 0.4) is 0 Å². The summed E-state index contributed by atoms with van der Waals surface area (Å²) >= 11 is 1.58. The second-order valence-corrected chi connectivity index (χ2v) is 7.99. The number of carbonyl (C=O) groups is 1. The van der Waals surface area contributed by atoms with Gasteiger partial charge in [0.2, 0.25) is 0 Å². The molecule has 0 amide bonds. The molecule has 6 heteroatoms. The Kier molecular flexibility index (Phi) is 5.97. The van der Waals surface area contributed by atoms with Crippen molar-refractivity contribution in [2.24, 2.45) is 0 Å². The minimum absolute atomic E-state index is 0.0596. The lowest BCUT2D eigenvalue weighted by molar-refractivity contribution is -0.138. The highest BCUT2D eigenvalue weighted by atomic mass is 32.2. The molecule has 2 atom stereocenters. The lowest BCUT2D eigenvalue weighted by atomic mass is 10.0. The van der Waals surface area contributed by atoms with Gasteiger partial charge in [-0.05, 0) is 55.2 Å². The summed E-state index contributed by atoms with van der Waals surface area (Å²) < 4.78 is 11.6. The number of ether oxygens (including phenoxy) is 2. The van der Waals surface area contributed by atoms with Gasteiger partial charge in [-0.2, -0.15) is 0 Å². The molecule has 2 aromatic rings. The van der Waals surface area contributed by atoms with E-state index in [0.29, 0.717) is 23.9 Å². The summed E-state index contributed by atoms with van der Waals surface area (Å²) in [7, 11) is 1.61. The molecule has 0 aliphatic carbocycles. The molecule has 0 saturated carbocycles. The van der Waals surface area contributed by atoms with E-state index in [4.69, 9.17) is 14.6 Å². The normalized spacial score (nSPS) is 19.1. The molecule has 1 aliphatic heterocycles. The zero-order valence-electron chi connectivity index (χ0n) is 16.0. The predicted molar refractivity (Wildman–Crippen MR) is 108 cm³/mol. The highest BCUT2D eigenvalue weighted by Gasteiger charge is 2.30. The van der Waals surface area contributed by atoms with Crippen LogP contribution in [-0.4, -0.2) is 30.0 Å². The summed E-state index contributed by atoms with van der Waals surface area (Å²) in [4.78, 5) is 11.1. The van der Waals surface area contributed by atoms with Crippen molar-refractivity contribution in [3.05, 3.63) is 58.1 Å². The van der Waals surface area contributed by atoms with Crippen LogP contribution in [0.4, 0.5) is 0 Å². The van der Waals surface area contributed by atoms with Crippen LogP contribution in [0.15, 0.2) is 30.3 Å². The smallest absolute Gasteiger partial charge is 0.321 e. The van der Waals surface area contributed by atoms with Crippen LogP contribution in [0.5, 0.6) is 11.5 Å². The molecule has 2 aromatic carbocycles. The van der Waals surface area contributed by atoms with Gasteiger partial charge in [-0.15, -0.1) is 11.8 Å². The van der Waals surface area contributed by atoms with Gasteiger partial charge in [0.1, 0.15) is 12.6 Å². The molecular weight excluding hydrogens is 362 g/mol. The Labute approximate surface area is 164 Å². The fraction of sp³-hybridized carbons (Fsp3) is 0.381. The van der Waals surface area contributed by atoms with Gasteiger partial charge in [-0.3, -0.25) is 10.1 Å². The minimum atomic E-state index is -0.819. The van der Waals surface area contributed by atoms with Crippen molar-refractivity contribution in [1.82, 2.24) is 5.32 Å². The molecule has 2 N–H and O–H groups in total. The largest absolute Gasteiger partial charge is 0.493 e. The number of carboxylic acid groups (broad SMARTS) is 1. The van der Waals surface area contributed by atoms with E-state index in [-0.39, 0.29) is 5.37 Å². The summed E-state index contributed by atoms with van der Waals surface area (Å²) in [6, 6.07) is 9.57. The number of hydrogen-bond donors (Lipinski definition) is 2. The van der Waals surface area contributed by atoms with E-state index in [1.807, 2.05) is 18.2 Å². The zero-order valence-corrected chi connectivity index (χ0v) is 16.9. The first-order chi connectivity index (χ1) is 12.9. The molecule has 0 aromatic heterocycles. The van der Waals surface area contributed by atoms with Crippen molar-refractivity contribution in [3.63, 3.8) is 0 Å². The molecular formula is C21H25NO4S. The summed E-state index contributed by atoms with van der Waals surface area (Å²) in [5.74, 6) is 1.06. The number of benzene rings is 2. The number of methoxy groups -OCH3 is 1. The highest BCUT2D eigenvalue weighted by molar-refractivity contribution is 7.99. The van der Waals surface area contributed by atoms with Gasteiger partial charge in [0.25, 0.3) is 0 Å². The first kappa shape index (κ1) is 19.6. The van der Waals surface area contributed by atoms with E-state index < -0.39 is 12.0 Å². The van der Waals surface area contributed by atoms with Gasteiger partial charge in [-0.1, -0.05) is 23.8 Å². The molecule has 1 aliphatic rings. The zero-order chi connectivity index (χ0) is 19.6. The Morgan fingerprint density at radius 3 is 2.48 bits per heavy atom. The Bertz CT molecular complexity index is 829. The highest BCUT2D eigenvalue weighted by Crippen LogP contribution is 2.37. The maximum atomic E-state index is 11.1. The summed E-state index contributed by atoms with van der Waals surface area (Å²) in [5, 5.41) is 12.2. The topological polar surface area (TPSA) is 67.8 Å². The number of carboxylic acids is 1. The van der Waals surface area contributed by atoms with Crippen molar-refractivity contribution in [3.8, 4) is 11.5 Å². The Morgan fingerprint density at radius 2 is 1.89 bits per heavy atom. The number of hydrogen-bond acceptors (Lipinski definition) is 5. The first-order valence-corrected chi connectivity index (χ1v) is 9.92. The van der Waals surface area contributed by atoms with Gasteiger partial charge in [0, 0.05) is 5.75 Å². The summed E-state index contributed by atoms with van der Waals surface area (Å²) in [6.07, 6.45) is 0. The standard InChI is InChI=1S/C21H25NO4S/c1-12-7-13(2)16(14(3)8-12)10-26-18-6-5-15(9-19(18)25-4)20-22-17(11-27-20)21(23)24/h5-9,17,20,22H,10-11H2,1-4H3,(H,23,24)/t17-,20+/m0/s1. The van der Waals surface area contributed by atoms with Crippen LogP contribution in [0.1, 0.15) is 33.2 Å². The van der Waals surface area contributed by atoms with Crippen molar-refractivity contribution in [2.75, 3.05) is 12.9 Å². The lowest BCUT2D eigenvalue weighted by Gasteiger charge is -2.17. The van der Waals surface area contributed by atoms with Crippen molar-refractivity contribution in [2.45, 2.75) is 38.8 Å². The molecule has 0 spiro atoms. The number of rotatable bonds is 6. The molecule has 5 nitrogen and oxygen atoms in total. The fourth-order valence-corrected chi connectivity index (χ4v) is 4.58. The average Bonchev–Trinajstić information content (AvgIpc) is 3.11. The van der Waals surface area contributed by atoms with E-state index in [9.17, 15) is 4.79 Å². The van der Waals surface area contributed by atoms with Crippen LogP contribution in [0.25, 0.3) is 0 Å². The SMILES string of the molecule is COc1cc([C@@H]2N[C@H](C(=O)O)CS2)ccc1OCc1c(C)cc(C)cc1C. The van der Waals surface area contributed by atoms with E-state index in [1.165, 1.54) is 22.3 Å². The molecule has 3 rings (SSSR count). The predicted octanol–water partition coefficient (Wildman–Crippen LogP) is 3.99. The summed E-state index contributed by atoms with van der Waals surface area (Å²) in [5.41, 5.74) is 5.85. The number of nitrogens with one attached hydrogen (secondary N) is 1. The van der Waals surface area contributed by atoms with Gasteiger partial charge < -0.3 is 14.6 Å². The maximum Gasteiger partial charge on any atom is 0.321 e. The second kappa shape index (κ2) is 8.23. The average molecular weight is 388 g/mol. The van der Waals surface area contributed by atoms with E-state index >= 15 is 0 Å². The van der Waals surface area contributed by atoms with Crippen molar-refractivity contribution in [1.29, 1.82) is 0 Å². The monoisotopic (exact) mass is 387 g/mol. The van der Waals surface area contributed by atoms with Crippen LogP contribution >= 0.6 is 11.8 Å². The van der Waals surface area contributed by atoms with Crippen LogP contribution in [0.2, 0.25) is 0 Å². The Balaban J connectivity index is 1.75. The van der Waals surface area contributed by atoms with Gasteiger partial charge in [-0.25, -0.2) is 0 Å². The van der Waals surface area contributed by atoms with Crippen LogP contribution < -0.4 is 14.8 Å². The quantitative estimate of drug-likeness (QED) is 0.781. The minimum Gasteiger partial charge on any atom is -0.493 e. The van der Waals surface area contributed by atoms with Crippen LogP contribution in [-0.2, 0) is 11.4 Å². The van der Waals surface area contributed by atoms with Gasteiger partial charge >= 0.3 is 5.97 Å². The summed E-state index contributed by atoms with van der Waals surface area (Å²) in [6.45, 7) is 6.77. The Hall–Kier alpha value is -2.18.